The molecule has 0 bridgehead atoms. The number of rotatable bonds is 1. The van der Waals surface area contributed by atoms with Gasteiger partial charge in [0.15, 0.2) is 0 Å². The third-order valence-corrected chi connectivity index (χ3v) is 0.526. The van der Waals surface area contributed by atoms with Crippen molar-refractivity contribution in [3.05, 3.63) is 11.8 Å². The fourth-order valence-electron chi connectivity index (χ4n) is 0.231. The fourth-order valence-corrected chi connectivity index (χ4v) is 0.231. The molecule has 2 nitrogen and oxygen atoms in total. The van der Waals surface area contributed by atoms with Crippen LogP contribution in [0, 0.1) is 0 Å². The molecule has 0 heterocycles. The topological polar surface area (TPSA) is 38.4 Å². The first kappa shape index (κ1) is 11.9. The number of aliphatic imine (C=N–C) groups is 1. The number of nitrogens with zero attached hydrogens (tertiary/aromatic N) is 1. The van der Waals surface area contributed by atoms with Gasteiger partial charge in [0.2, 0.25) is 0 Å². The summed E-state index contributed by atoms with van der Waals surface area (Å²) in [6, 6.07) is 0. The van der Waals surface area contributed by atoms with E-state index in [-0.39, 0.29) is 0 Å². The van der Waals surface area contributed by atoms with Crippen molar-refractivity contribution in [1.82, 2.24) is 0 Å². The summed E-state index contributed by atoms with van der Waals surface area (Å²) in [6.07, 6.45) is 1.75. The van der Waals surface area contributed by atoms with Gasteiger partial charge in [-0.3, -0.25) is 0 Å². The molecule has 0 amide bonds. The highest BCUT2D eigenvalue weighted by molar-refractivity contribution is 5.77. The van der Waals surface area contributed by atoms with Crippen molar-refractivity contribution < 1.29 is 0 Å². The molecule has 0 fully saturated rings. The van der Waals surface area contributed by atoms with E-state index in [9.17, 15) is 0 Å². The summed E-state index contributed by atoms with van der Waals surface area (Å²) in [5, 5.41) is 0. The molecule has 0 unspecified atom stereocenters. The predicted molar refractivity (Wildman–Crippen MR) is 48.1 cm³/mol. The van der Waals surface area contributed by atoms with Gasteiger partial charge < -0.3 is 5.73 Å². The zero-order valence-corrected chi connectivity index (χ0v) is 7.60. The molecule has 2 N–H and O–H groups in total. The quantitative estimate of drug-likeness (QED) is 0.443. The summed E-state index contributed by atoms with van der Waals surface area (Å²) in [5.41, 5.74) is 6.41. The Morgan fingerprint density at radius 2 is 1.60 bits per heavy atom. The molecule has 0 saturated carbocycles. The average Bonchev–Trinajstić information content (AvgIpc) is 1.89. The lowest BCUT2D eigenvalue weighted by Crippen LogP contribution is -2.03. The van der Waals surface area contributed by atoms with E-state index in [1.165, 1.54) is 0 Å². The standard InChI is InChI=1S/C6H12N2.C2H6/c1-5(2)4-8-6(3)7;1-2/h4H,1-3H3,(H2,7,8);1-2H3. The van der Waals surface area contributed by atoms with Crippen LogP contribution in [0.4, 0.5) is 0 Å². The minimum atomic E-state index is 0.603. The van der Waals surface area contributed by atoms with Crippen LogP contribution in [-0.4, -0.2) is 5.84 Å². The molecular weight excluding hydrogens is 124 g/mol. The van der Waals surface area contributed by atoms with E-state index in [0.717, 1.165) is 5.57 Å². The summed E-state index contributed by atoms with van der Waals surface area (Å²) >= 11 is 0. The molecular formula is C8H18N2. The molecule has 0 atom stereocenters. The van der Waals surface area contributed by atoms with Crippen molar-refractivity contribution in [2.45, 2.75) is 34.6 Å². The minimum absolute atomic E-state index is 0.603. The smallest absolute Gasteiger partial charge is 0.0957 e. The van der Waals surface area contributed by atoms with Crippen molar-refractivity contribution in [3.63, 3.8) is 0 Å². The summed E-state index contributed by atoms with van der Waals surface area (Å²) < 4.78 is 0. The lowest BCUT2D eigenvalue weighted by Gasteiger charge is -1.84. The zero-order valence-electron chi connectivity index (χ0n) is 7.60. The Kier molecular flexibility index (Phi) is 9.80. The average molecular weight is 142 g/mol. The first-order chi connectivity index (χ1) is 4.63. The van der Waals surface area contributed by atoms with Gasteiger partial charge in [-0.2, -0.15) is 0 Å². The lowest BCUT2D eigenvalue weighted by molar-refractivity contribution is 1.32. The maximum absolute atomic E-state index is 5.25. The maximum Gasteiger partial charge on any atom is 0.0957 e. The Bertz CT molecular complexity index is 99.2. The van der Waals surface area contributed by atoms with Crippen LogP contribution in [0.1, 0.15) is 34.6 Å². The SMILES string of the molecule is CC.CC(C)=CN=C(C)N. The molecule has 0 aliphatic rings. The molecule has 0 aromatic heterocycles. The highest BCUT2D eigenvalue weighted by Crippen LogP contribution is 1.87. The Hall–Kier alpha value is -0.790. The van der Waals surface area contributed by atoms with Gasteiger partial charge in [-0.25, -0.2) is 4.99 Å². The second kappa shape index (κ2) is 8.21. The number of amidine groups is 1. The molecule has 0 aromatic carbocycles. The molecule has 10 heavy (non-hydrogen) atoms. The van der Waals surface area contributed by atoms with Crippen LogP contribution >= 0.6 is 0 Å². The molecule has 0 saturated heterocycles. The maximum atomic E-state index is 5.25. The van der Waals surface area contributed by atoms with Crippen molar-refractivity contribution in [2.75, 3.05) is 0 Å². The van der Waals surface area contributed by atoms with Gasteiger partial charge in [0.1, 0.15) is 0 Å². The van der Waals surface area contributed by atoms with E-state index in [0.29, 0.717) is 5.84 Å². The predicted octanol–water partition coefficient (Wildman–Crippen LogP) is 2.31. The first-order valence-electron chi connectivity index (χ1n) is 3.56. The van der Waals surface area contributed by atoms with Gasteiger partial charge >= 0.3 is 0 Å². The fraction of sp³-hybridized carbons (Fsp3) is 0.625. The number of hydrogen-bond donors (Lipinski definition) is 1. The third kappa shape index (κ3) is 15.7. The zero-order chi connectivity index (χ0) is 8.57. The Labute approximate surface area is 63.8 Å². The molecule has 0 rings (SSSR count). The Morgan fingerprint density at radius 1 is 1.20 bits per heavy atom. The van der Waals surface area contributed by atoms with E-state index in [2.05, 4.69) is 4.99 Å². The summed E-state index contributed by atoms with van der Waals surface area (Å²) in [4.78, 5) is 3.86. The van der Waals surface area contributed by atoms with Gasteiger partial charge in [0, 0.05) is 6.20 Å². The Balaban J connectivity index is 0. The summed E-state index contributed by atoms with van der Waals surface area (Å²) in [6.45, 7) is 9.72. The third-order valence-electron chi connectivity index (χ3n) is 0.526. The van der Waals surface area contributed by atoms with Crippen molar-refractivity contribution >= 4 is 5.84 Å². The van der Waals surface area contributed by atoms with Crippen LogP contribution in [0.15, 0.2) is 16.8 Å². The molecule has 0 radical (unpaired) electrons. The monoisotopic (exact) mass is 142 g/mol. The Morgan fingerprint density at radius 3 is 1.70 bits per heavy atom. The van der Waals surface area contributed by atoms with Crippen LogP contribution in [0.25, 0.3) is 0 Å². The highest BCUT2D eigenvalue weighted by atomic mass is 14.8. The van der Waals surface area contributed by atoms with Crippen LogP contribution < -0.4 is 5.73 Å². The largest absolute Gasteiger partial charge is 0.387 e. The summed E-state index contributed by atoms with van der Waals surface area (Å²) in [5.74, 6) is 0.603. The summed E-state index contributed by atoms with van der Waals surface area (Å²) in [7, 11) is 0. The molecule has 60 valence electrons. The normalized spacial score (nSPS) is 9.50. The van der Waals surface area contributed by atoms with E-state index < -0.39 is 0 Å². The number of allylic oxidation sites excluding steroid dienone is 1. The second-order valence-corrected chi connectivity index (χ2v) is 1.98. The van der Waals surface area contributed by atoms with Crippen molar-refractivity contribution in [2.24, 2.45) is 10.7 Å². The lowest BCUT2D eigenvalue weighted by atomic mass is 10.4. The van der Waals surface area contributed by atoms with Gasteiger partial charge in [-0.15, -0.1) is 0 Å². The van der Waals surface area contributed by atoms with Crippen LogP contribution in [0.3, 0.4) is 0 Å². The number of hydrogen-bond acceptors (Lipinski definition) is 1. The van der Waals surface area contributed by atoms with E-state index in [4.69, 9.17) is 5.73 Å². The molecule has 0 aliphatic heterocycles. The van der Waals surface area contributed by atoms with Gasteiger partial charge in [-0.05, 0) is 20.8 Å². The van der Waals surface area contributed by atoms with Gasteiger partial charge in [0.25, 0.3) is 0 Å². The van der Waals surface area contributed by atoms with E-state index >= 15 is 0 Å². The van der Waals surface area contributed by atoms with Gasteiger partial charge in [0.05, 0.1) is 5.84 Å². The van der Waals surface area contributed by atoms with E-state index in [1.54, 1.807) is 13.1 Å². The van der Waals surface area contributed by atoms with Crippen LogP contribution in [0.5, 0.6) is 0 Å². The first-order valence-corrected chi connectivity index (χ1v) is 3.56. The number of nitrogens with two attached hydrogens (primary N) is 1. The van der Waals surface area contributed by atoms with E-state index in [1.807, 2.05) is 27.7 Å². The van der Waals surface area contributed by atoms with Crippen molar-refractivity contribution in [1.29, 1.82) is 0 Å². The molecule has 0 spiro atoms. The molecule has 2 heteroatoms. The van der Waals surface area contributed by atoms with Crippen LogP contribution in [-0.2, 0) is 0 Å². The van der Waals surface area contributed by atoms with Gasteiger partial charge in [-0.1, -0.05) is 19.4 Å². The van der Waals surface area contributed by atoms with Crippen molar-refractivity contribution in [3.8, 4) is 0 Å². The molecule has 0 aliphatic carbocycles. The second-order valence-electron chi connectivity index (χ2n) is 1.98. The van der Waals surface area contributed by atoms with Crippen LogP contribution in [0.2, 0.25) is 0 Å². The highest BCUT2D eigenvalue weighted by Gasteiger charge is 1.73. The molecule has 0 aromatic rings. The minimum Gasteiger partial charge on any atom is -0.387 e.